The van der Waals surface area contributed by atoms with E-state index < -0.39 is 0 Å². The summed E-state index contributed by atoms with van der Waals surface area (Å²) in [4.78, 5) is 25.3. The van der Waals surface area contributed by atoms with E-state index in [-0.39, 0.29) is 17.8 Å². The summed E-state index contributed by atoms with van der Waals surface area (Å²) in [7, 11) is 0. The number of halogens is 1. The van der Waals surface area contributed by atoms with Crippen molar-refractivity contribution >= 4 is 23.1 Å². The van der Waals surface area contributed by atoms with Crippen LogP contribution in [0.2, 0.25) is 0 Å². The van der Waals surface area contributed by atoms with E-state index in [1.54, 1.807) is 12.1 Å². The van der Waals surface area contributed by atoms with Crippen molar-refractivity contribution in [3.63, 3.8) is 0 Å². The van der Waals surface area contributed by atoms with Gasteiger partial charge in [0.05, 0.1) is 9.88 Å². The van der Waals surface area contributed by atoms with Gasteiger partial charge in [0.2, 0.25) is 0 Å². The monoisotopic (exact) mass is 424 g/mol. The van der Waals surface area contributed by atoms with Gasteiger partial charge in [-0.1, -0.05) is 18.2 Å². The molecule has 1 aromatic carbocycles. The van der Waals surface area contributed by atoms with Crippen LogP contribution in [0.5, 0.6) is 0 Å². The molecule has 3 heterocycles. The second-order valence-corrected chi connectivity index (χ2v) is 8.81. The molecule has 7 heteroatoms. The van der Waals surface area contributed by atoms with E-state index in [0.29, 0.717) is 18.8 Å². The number of pyridine rings is 1. The Balaban J connectivity index is 1.56. The summed E-state index contributed by atoms with van der Waals surface area (Å²) < 4.78 is 13.4. The van der Waals surface area contributed by atoms with E-state index in [2.05, 4.69) is 15.3 Å². The zero-order chi connectivity index (χ0) is 21.1. The molecule has 5 nitrogen and oxygen atoms in total. The van der Waals surface area contributed by atoms with Crippen molar-refractivity contribution in [2.45, 2.75) is 39.2 Å². The van der Waals surface area contributed by atoms with E-state index in [9.17, 15) is 9.18 Å². The zero-order valence-electron chi connectivity index (χ0n) is 17.2. The number of aromatic nitrogens is 2. The van der Waals surface area contributed by atoms with Crippen LogP contribution in [0.4, 0.5) is 10.2 Å². The number of piperidine rings is 1. The molecule has 0 radical (unpaired) electrons. The number of nitrogens with zero attached hydrogens (tertiary/aromatic N) is 3. The molecule has 1 saturated heterocycles. The number of amides is 1. The Morgan fingerprint density at radius 1 is 1.17 bits per heavy atom. The molecule has 2 aromatic heterocycles. The van der Waals surface area contributed by atoms with Gasteiger partial charge in [0.25, 0.3) is 5.91 Å². The van der Waals surface area contributed by atoms with Crippen LogP contribution in [0, 0.1) is 19.7 Å². The Morgan fingerprint density at radius 2 is 1.97 bits per heavy atom. The van der Waals surface area contributed by atoms with Gasteiger partial charge in [-0.15, -0.1) is 11.3 Å². The number of anilines is 1. The van der Waals surface area contributed by atoms with Crippen LogP contribution >= 0.6 is 11.3 Å². The first-order valence-corrected chi connectivity index (χ1v) is 11.0. The third-order valence-corrected chi connectivity index (χ3v) is 6.36. The fourth-order valence-electron chi connectivity index (χ4n) is 3.85. The molecule has 156 valence electrons. The summed E-state index contributed by atoms with van der Waals surface area (Å²) in [5, 5.41) is 4.21. The maximum absolute atomic E-state index is 13.5. The van der Waals surface area contributed by atoms with Crippen molar-refractivity contribution in [1.82, 2.24) is 14.9 Å². The van der Waals surface area contributed by atoms with Gasteiger partial charge in [-0.25, -0.2) is 14.4 Å². The molecule has 1 amide bonds. The third kappa shape index (κ3) is 4.51. The number of rotatable bonds is 5. The summed E-state index contributed by atoms with van der Waals surface area (Å²) in [6, 6.07) is 12.2. The molecule has 1 aliphatic heterocycles. The molecule has 4 rings (SSSR count). The van der Waals surface area contributed by atoms with Crippen LogP contribution in [0.3, 0.4) is 0 Å². The average Bonchev–Trinajstić information content (AvgIpc) is 3.14. The number of hydrogen-bond donors (Lipinski definition) is 1. The molecule has 0 saturated carbocycles. The topological polar surface area (TPSA) is 58.1 Å². The minimum absolute atomic E-state index is 0.0534. The lowest BCUT2D eigenvalue weighted by atomic mass is 10.0. The highest BCUT2D eigenvalue weighted by molar-refractivity contribution is 7.15. The second kappa shape index (κ2) is 8.92. The number of hydrogen-bond acceptors (Lipinski definition) is 5. The van der Waals surface area contributed by atoms with Gasteiger partial charge in [-0.05, 0) is 62.9 Å². The first-order chi connectivity index (χ1) is 14.5. The lowest BCUT2D eigenvalue weighted by Gasteiger charge is -2.35. The van der Waals surface area contributed by atoms with E-state index in [1.165, 1.54) is 23.5 Å². The molecular formula is C23H25FN4OS. The maximum atomic E-state index is 13.5. The predicted octanol–water partition coefficient (Wildman–Crippen LogP) is 5.07. The van der Waals surface area contributed by atoms with Crippen molar-refractivity contribution in [1.29, 1.82) is 0 Å². The van der Waals surface area contributed by atoms with Crippen LogP contribution in [-0.2, 0) is 0 Å². The number of likely N-dealkylation sites (tertiary alicyclic amines) is 1. The van der Waals surface area contributed by atoms with Crippen molar-refractivity contribution < 1.29 is 9.18 Å². The minimum Gasteiger partial charge on any atom is -0.368 e. The van der Waals surface area contributed by atoms with Gasteiger partial charge in [0, 0.05) is 24.8 Å². The van der Waals surface area contributed by atoms with Crippen molar-refractivity contribution in [2.75, 3.05) is 18.4 Å². The van der Waals surface area contributed by atoms with Crippen LogP contribution in [0.1, 0.15) is 40.5 Å². The van der Waals surface area contributed by atoms with E-state index in [4.69, 9.17) is 0 Å². The number of benzene rings is 1. The molecule has 0 aliphatic carbocycles. The maximum Gasteiger partial charge on any atom is 0.274 e. The van der Waals surface area contributed by atoms with Crippen molar-refractivity contribution in [3.8, 4) is 10.4 Å². The molecule has 1 aliphatic rings. The van der Waals surface area contributed by atoms with Crippen molar-refractivity contribution in [2.24, 2.45) is 0 Å². The van der Waals surface area contributed by atoms with E-state index >= 15 is 0 Å². The van der Waals surface area contributed by atoms with Crippen molar-refractivity contribution in [3.05, 3.63) is 64.7 Å². The molecule has 3 aromatic rings. The second-order valence-electron chi connectivity index (χ2n) is 7.61. The smallest absolute Gasteiger partial charge is 0.274 e. The summed E-state index contributed by atoms with van der Waals surface area (Å²) in [5.74, 6) is 0.478. The lowest BCUT2D eigenvalue weighted by molar-refractivity contribution is 0.0623. The normalized spacial score (nSPS) is 16.5. The predicted molar refractivity (Wildman–Crippen MR) is 118 cm³/mol. The minimum atomic E-state index is -0.292. The first kappa shape index (κ1) is 20.5. The van der Waals surface area contributed by atoms with Crippen LogP contribution in [0.15, 0.2) is 42.5 Å². The number of carbonyl (C=O) groups is 1. The summed E-state index contributed by atoms with van der Waals surface area (Å²) in [5.41, 5.74) is 2.24. The average molecular weight is 425 g/mol. The quantitative estimate of drug-likeness (QED) is 0.621. The molecular weight excluding hydrogens is 399 g/mol. The largest absolute Gasteiger partial charge is 0.368 e. The Bertz CT molecular complexity index is 1030. The highest BCUT2D eigenvalue weighted by atomic mass is 32.1. The fraction of sp³-hybridized carbons (Fsp3) is 0.348. The highest BCUT2D eigenvalue weighted by Crippen LogP contribution is 2.32. The van der Waals surface area contributed by atoms with Gasteiger partial charge in [-0.3, -0.25) is 4.79 Å². The third-order valence-electron chi connectivity index (χ3n) is 5.34. The van der Waals surface area contributed by atoms with Gasteiger partial charge in [0.1, 0.15) is 17.3 Å². The zero-order valence-corrected chi connectivity index (χ0v) is 18.0. The molecule has 1 unspecified atom stereocenters. The van der Waals surface area contributed by atoms with Gasteiger partial charge >= 0.3 is 0 Å². The number of nitrogens with one attached hydrogen (secondary N) is 1. The number of carbonyl (C=O) groups excluding carboxylic acids is 1. The Kier molecular flexibility index (Phi) is 6.08. The van der Waals surface area contributed by atoms with Crippen LogP contribution in [0.25, 0.3) is 10.4 Å². The van der Waals surface area contributed by atoms with Gasteiger partial charge in [0.15, 0.2) is 0 Å². The van der Waals surface area contributed by atoms with E-state index in [1.807, 2.05) is 36.9 Å². The standard InChI is InChI=1S/C23H25FN4OS/c1-15-6-5-8-20(26-15)25-14-19-7-3-4-13-28(19)23(29)21-22(30-16(2)27-21)17-9-11-18(24)12-10-17/h5-6,8-12,19H,3-4,7,13-14H2,1-2H3,(H,25,26). The van der Waals surface area contributed by atoms with Gasteiger partial charge in [-0.2, -0.15) is 0 Å². The summed E-state index contributed by atoms with van der Waals surface area (Å²) in [6.45, 7) is 5.22. The lowest BCUT2D eigenvalue weighted by Crippen LogP contribution is -2.47. The SMILES string of the molecule is Cc1cccc(NCC2CCCCN2C(=O)c2nc(C)sc2-c2ccc(F)cc2)n1. The van der Waals surface area contributed by atoms with E-state index in [0.717, 1.165) is 46.2 Å². The Labute approximate surface area is 180 Å². The molecule has 0 spiro atoms. The van der Waals surface area contributed by atoms with Crippen LogP contribution < -0.4 is 5.32 Å². The first-order valence-electron chi connectivity index (χ1n) is 10.2. The highest BCUT2D eigenvalue weighted by Gasteiger charge is 2.31. The Hall–Kier alpha value is -2.80. The summed E-state index contributed by atoms with van der Waals surface area (Å²) >= 11 is 1.47. The molecule has 1 N–H and O–H groups in total. The summed E-state index contributed by atoms with van der Waals surface area (Å²) in [6.07, 6.45) is 3.03. The van der Waals surface area contributed by atoms with Crippen LogP contribution in [-0.4, -0.2) is 39.9 Å². The number of aryl methyl sites for hydroxylation is 2. The molecule has 1 atom stereocenters. The number of thiazole rings is 1. The molecule has 30 heavy (non-hydrogen) atoms. The fourth-order valence-corrected chi connectivity index (χ4v) is 4.76. The Morgan fingerprint density at radius 3 is 2.73 bits per heavy atom. The molecule has 1 fully saturated rings. The van der Waals surface area contributed by atoms with Gasteiger partial charge < -0.3 is 10.2 Å². The molecule has 0 bridgehead atoms.